The smallest absolute Gasteiger partial charge is 0.0725 e. The van der Waals surface area contributed by atoms with Crippen molar-refractivity contribution in [1.82, 2.24) is 20.3 Å². The molecule has 4 nitrogen and oxygen atoms in total. The zero-order valence-electron chi connectivity index (χ0n) is 12.8. The average molecular weight is 272 g/mol. The van der Waals surface area contributed by atoms with Crippen molar-refractivity contribution < 1.29 is 0 Å². The maximum atomic E-state index is 4.02. The van der Waals surface area contributed by atoms with Gasteiger partial charge in [0.05, 0.1) is 11.9 Å². The van der Waals surface area contributed by atoms with Crippen LogP contribution < -0.4 is 5.32 Å². The molecule has 0 spiro atoms. The first-order valence-corrected chi connectivity index (χ1v) is 7.09. The molecule has 2 rings (SSSR count). The molecule has 0 bridgehead atoms. The van der Waals surface area contributed by atoms with Crippen molar-refractivity contribution in [2.75, 3.05) is 6.54 Å². The lowest BCUT2D eigenvalue weighted by atomic mass is 9.93. The minimum atomic E-state index is 0.123. The highest BCUT2D eigenvalue weighted by Gasteiger charge is 2.17. The fourth-order valence-electron chi connectivity index (χ4n) is 2.21. The first-order valence-electron chi connectivity index (χ1n) is 7.09. The SMILES string of the molecule is Cn1nncc1CC(CNC(C)(C)C)c1ccccc1. The number of rotatable bonds is 5. The zero-order chi connectivity index (χ0) is 14.6. The van der Waals surface area contributed by atoms with Gasteiger partial charge in [0.2, 0.25) is 0 Å². The van der Waals surface area contributed by atoms with Crippen LogP contribution in [0.1, 0.15) is 37.9 Å². The molecule has 4 heteroatoms. The van der Waals surface area contributed by atoms with Gasteiger partial charge in [-0.25, -0.2) is 0 Å². The molecule has 1 aromatic heterocycles. The molecule has 0 amide bonds. The minimum absolute atomic E-state index is 0.123. The summed E-state index contributed by atoms with van der Waals surface area (Å²) in [4.78, 5) is 0. The normalized spacial score (nSPS) is 13.4. The molecule has 1 N–H and O–H groups in total. The van der Waals surface area contributed by atoms with E-state index in [0.29, 0.717) is 5.92 Å². The van der Waals surface area contributed by atoms with Crippen molar-refractivity contribution in [2.45, 2.75) is 38.6 Å². The summed E-state index contributed by atoms with van der Waals surface area (Å²) in [7, 11) is 1.95. The lowest BCUT2D eigenvalue weighted by Gasteiger charge is -2.25. The van der Waals surface area contributed by atoms with E-state index >= 15 is 0 Å². The van der Waals surface area contributed by atoms with E-state index in [1.54, 1.807) is 0 Å². The molecular formula is C16H24N4. The van der Waals surface area contributed by atoms with E-state index in [1.165, 1.54) is 5.56 Å². The molecule has 1 heterocycles. The lowest BCUT2D eigenvalue weighted by molar-refractivity contribution is 0.402. The Hall–Kier alpha value is -1.68. The number of hydrogen-bond acceptors (Lipinski definition) is 3. The average Bonchev–Trinajstić information content (AvgIpc) is 2.80. The van der Waals surface area contributed by atoms with E-state index in [9.17, 15) is 0 Å². The highest BCUT2D eigenvalue weighted by Crippen LogP contribution is 2.20. The Labute approximate surface area is 121 Å². The van der Waals surface area contributed by atoms with Gasteiger partial charge in [-0.2, -0.15) is 0 Å². The second kappa shape index (κ2) is 6.18. The van der Waals surface area contributed by atoms with E-state index in [-0.39, 0.29) is 5.54 Å². The Kier molecular flexibility index (Phi) is 4.55. The second-order valence-corrected chi connectivity index (χ2v) is 6.29. The van der Waals surface area contributed by atoms with Crippen LogP contribution in [0.5, 0.6) is 0 Å². The standard InChI is InChI=1S/C16H24N4/c1-16(2,3)17-11-14(13-8-6-5-7-9-13)10-15-12-18-19-20(15)4/h5-9,12,14,17H,10-11H2,1-4H3. The summed E-state index contributed by atoms with van der Waals surface area (Å²) in [6.45, 7) is 7.53. The predicted octanol–water partition coefficient (Wildman–Crippen LogP) is 2.53. The molecule has 1 aromatic carbocycles. The molecular weight excluding hydrogens is 248 g/mol. The summed E-state index contributed by atoms with van der Waals surface area (Å²) in [5.41, 5.74) is 2.64. The first kappa shape index (κ1) is 14.7. The highest BCUT2D eigenvalue weighted by molar-refractivity contribution is 5.22. The minimum Gasteiger partial charge on any atom is -0.311 e. The van der Waals surface area contributed by atoms with Crippen LogP contribution in [0.25, 0.3) is 0 Å². The van der Waals surface area contributed by atoms with E-state index in [2.05, 4.69) is 66.7 Å². The molecule has 20 heavy (non-hydrogen) atoms. The number of benzene rings is 1. The molecule has 0 saturated heterocycles. The zero-order valence-corrected chi connectivity index (χ0v) is 12.8. The van der Waals surface area contributed by atoms with Gasteiger partial charge in [0.15, 0.2) is 0 Å². The van der Waals surface area contributed by atoms with Crippen LogP contribution >= 0.6 is 0 Å². The van der Waals surface area contributed by atoms with Crippen molar-refractivity contribution in [3.63, 3.8) is 0 Å². The molecule has 1 atom stereocenters. The van der Waals surface area contributed by atoms with Gasteiger partial charge in [-0.1, -0.05) is 35.5 Å². The van der Waals surface area contributed by atoms with Crippen LogP contribution in [0.15, 0.2) is 36.5 Å². The number of aromatic nitrogens is 3. The number of aryl methyl sites for hydroxylation is 1. The number of nitrogens with zero attached hydrogens (tertiary/aromatic N) is 3. The largest absolute Gasteiger partial charge is 0.311 e. The Balaban J connectivity index is 2.14. The third-order valence-corrected chi connectivity index (χ3v) is 3.41. The van der Waals surface area contributed by atoms with Crippen molar-refractivity contribution in [1.29, 1.82) is 0 Å². The van der Waals surface area contributed by atoms with Gasteiger partial charge in [0.1, 0.15) is 0 Å². The number of hydrogen-bond donors (Lipinski definition) is 1. The summed E-state index contributed by atoms with van der Waals surface area (Å²) >= 11 is 0. The van der Waals surface area contributed by atoms with Gasteiger partial charge in [0.25, 0.3) is 0 Å². The van der Waals surface area contributed by atoms with Gasteiger partial charge >= 0.3 is 0 Å². The Morgan fingerprint density at radius 2 is 1.90 bits per heavy atom. The lowest BCUT2D eigenvalue weighted by Crippen LogP contribution is -2.39. The van der Waals surface area contributed by atoms with Crippen LogP contribution in [-0.2, 0) is 13.5 Å². The van der Waals surface area contributed by atoms with Crippen LogP contribution in [0.4, 0.5) is 0 Å². The van der Waals surface area contributed by atoms with Crippen LogP contribution in [-0.4, -0.2) is 27.1 Å². The first-order chi connectivity index (χ1) is 9.46. The maximum Gasteiger partial charge on any atom is 0.0725 e. The molecule has 2 aromatic rings. The summed E-state index contributed by atoms with van der Waals surface area (Å²) in [6.07, 6.45) is 2.80. The van der Waals surface area contributed by atoms with Crippen molar-refractivity contribution >= 4 is 0 Å². The highest BCUT2D eigenvalue weighted by atomic mass is 15.4. The Morgan fingerprint density at radius 3 is 2.45 bits per heavy atom. The van der Waals surface area contributed by atoms with Crippen LogP contribution in [0.2, 0.25) is 0 Å². The Morgan fingerprint density at radius 1 is 1.20 bits per heavy atom. The number of nitrogens with one attached hydrogen (secondary N) is 1. The summed E-state index contributed by atoms with van der Waals surface area (Å²) in [5.74, 6) is 0.424. The van der Waals surface area contributed by atoms with Gasteiger partial charge in [-0.15, -0.1) is 5.10 Å². The molecule has 0 aliphatic rings. The fourth-order valence-corrected chi connectivity index (χ4v) is 2.21. The molecule has 0 fully saturated rings. The van der Waals surface area contributed by atoms with Gasteiger partial charge in [-0.3, -0.25) is 4.68 Å². The summed E-state index contributed by atoms with van der Waals surface area (Å²) in [6, 6.07) is 10.6. The molecule has 0 aliphatic heterocycles. The topological polar surface area (TPSA) is 42.7 Å². The molecule has 0 radical (unpaired) electrons. The fraction of sp³-hybridized carbons (Fsp3) is 0.500. The Bertz CT molecular complexity index is 525. The molecule has 0 saturated carbocycles. The van der Waals surface area contributed by atoms with Gasteiger partial charge in [-0.05, 0) is 32.8 Å². The van der Waals surface area contributed by atoms with E-state index < -0.39 is 0 Å². The van der Waals surface area contributed by atoms with E-state index in [1.807, 2.05) is 17.9 Å². The van der Waals surface area contributed by atoms with Crippen LogP contribution in [0, 0.1) is 0 Å². The third-order valence-electron chi connectivity index (χ3n) is 3.41. The monoisotopic (exact) mass is 272 g/mol. The summed E-state index contributed by atoms with van der Waals surface area (Å²) in [5, 5.41) is 11.6. The van der Waals surface area contributed by atoms with Gasteiger partial charge < -0.3 is 5.32 Å². The molecule has 0 aliphatic carbocycles. The second-order valence-electron chi connectivity index (χ2n) is 6.29. The van der Waals surface area contributed by atoms with Crippen molar-refractivity contribution in [3.05, 3.63) is 47.8 Å². The van der Waals surface area contributed by atoms with Crippen molar-refractivity contribution in [3.8, 4) is 0 Å². The summed E-state index contributed by atoms with van der Waals surface area (Å²) < 4.78 is 1.85. The molecule has 108 valence electrons. The maximum absolute atomic E-state index is 4.02. The van der Waals surface area contributed by atoms with E-state index in [4.69, 9.17) is 0 Å². The van der Waals surface area contributed by atoms with Crippen LogP contribution in [0.3, 0.4) is 0 Å². The van der Waals surface area contributed by atoms with Gasteiger partial charge in [0, 0.05) is 25.0 Å². The van der Waals surface area contributed by atoms with Crippen molar-refractivity contribution in [2.24, 2.45) is 7.05 Å². The third kappa shape index (κ3) is 4.17. The predicted molar refractivity (Wildman–Crippen MR) is 81.6 cm³/mol. The quantitative estimate of drug-likeness (QED) is 0.909. The van der Waals surface area contributed by atoms with E-state index in [0.717, 1.165) is 18.7 Å². The molecule has 1 unspecified atom stereocenters.